The first-order valence-electron chi connectivity index (χ1n) is 3.05. The van der Waals surface area contributed by atoms with Gasteiger partial charge < -0.3 is 5.32 Å². The predicted octanol–water partition coefficient (Wildman–Crippen LogP) is 0.181. The van der Waals surface area contributed by atoms with Gasteiger partial charge in [-0.05, 0) is 12.8 Å². The molecule has 1 aliphatic rings. The lowest BCUT2D eigenvalue weighted by Gasteiger charge is -2.09. The Morgan fingerprint density at radius 3 is 3.11 bits per heavy atom. The molecule has 1 heterocycles. The number of nitrogens with one attached hydrogen (secondary N) is 1. The molecule has 4 nitrogen and oxygen atoms in total. The minimum Gasteiger partial charge on any atom is -0.336 e. The fraction of sp³-hybridized carbons (Fsp3) is 0.800. The molecule has 0 radical (unpaired) electrons. The average Bonchev–Trinajstić information content (AvgIpc) is 1.99. The number of rotatable bonds is 0. The normalized spacial score (nSPS) is 21.0. The van der Waals surface area contributed by atoms with Gasteiger partial charge in [0.15, 0.2) is 0 Å². The zero-order chi connectivity index (χ0) is 6.69. The summed E-state index contributed by atoms with van der Waals surface area (Å²) in [6, 6.07) is -0.382. The second-order valence-corrected chi connectivity index (χ2v) is 2.06. The number of carbonyl (C=O) groups is 1. The van der Waals surface area contributed by atoms with Crippen LogP contribution in [0.5, 0.6) is 0 Å². The van der Waals surface area contributed by atoms with Crippen LogP contribution >= 0.6 is 0 Å². The first-order chi connectivity index (χ1) is 4.30. The van der Waals surface area contributed by atoms with E-state index in [1.807, 2.05) is 0 Å². The Kier molecular flexibility index (Phi) is 1.89. The first kappa shape index (κ1) is 6.35. The standard InChI is InChI=1S/C5H10N2O2/c8-5-6-3-1-2-4-7(5)9/h9H,1-4H2,(H,6,8). The summed E-state index contributed by atoms with van der Waals surface area (Å²) in [4.78, 5) is 10.6. The fourth-order valence-electron chi connectivity index (χ4n) is 0.775. The van der Waals surface area contributed by atoms with Gasteiger partial charge in [-0.3, -0.25) is 5.21 Å². The van der Waals surface area contributed by atoms with Crippen LogP contribution in [0.2, 0.25) is 0 Å². The Morgan fingerprint density at radius 2 is 2.33 bits per heavy atom. The molecule has 2 amide bonds. The lowest BCUT2D eigenvalue weighted by molar-refractivity contribution is -0.0400. The molecule has 2 N–H and O–H groups in total. The third kappa shape index (κ3) is 1.57. The van der Waals surface area contributed by atoms with E-state index in [9.17, 15) is 4.79 Å². The molecule has 0 unspecified atom stereocenters. The van der Waals surface area contributed by atoms with Gasteiger partial charge in [0.25, 0.3) is 0 Å². The quantitative estimate of drug-likeness (QED) is 0.459. The first-order valence-corrected chi connectivity index (χ1v) is 3.05. The van der Waals surface area contributed by atoms with Gasteiger partial charge in [-0.2, -0.15) is 0 Å². The number of hydrogen-bond donors (Lipinski definition) is 2. The Morgan fingerprint density at radius 1 is 1.56 bits per heavy atom. The molecule has 1 aliphatic heterocycles. The van der Waals surface area contributed by atoms with Gasteiger partial charge >= 0.3 is 6.03 Å². The third-order valence-electron chi connectivity index (χ3n) is 1.31. The highest BCUT2D eigenvalue weighted by Crippen LogP contribution is 1.96. The lowest BCUT2D eigenvalue weighted by Crippen LogP contribution is -2.35. The third-order valence-corrected chi connectivity index (χ3v) is 1.31. The van der Waals surface area contributed by atoms with Crippen LogP contribution in [0, 0.1) is 0 Å². The molecule has 4 heteroatoms. The van der Waals surface area contributed by atoms with E-state index in [1.165, 1.54) is 0 Å². The van der Waals surface area contributed by atoms with Crippen molar-refractivity contribution in [1.82, 2.24) is 10.4 Å². The largest absolute Gasteiger partial charge is 0.341 e. The summed E-state index contributed by atoms with van der Waals surface area (Å²) in [5.41, 5.74) is 0. The van der Waals surface area contributed by atoms with E-state index >= 15 is 0 Å². The maximum Gasteiger partial charge on any atom is 0.341 e. The van der Waals surface area contributed by atoms with E-state index in [4.69, 9.17) is 5.21 Å². The second-order valence-electron chi connectivity index (χ2n) is 2.06. The van der Waals surface area contributed by atoms with E-state index in [2.05, 4.69) is 5.32 Å². The van der Waals surface area contributed by atoms with E-state index in [-0.39, 0.29) is 6.03 Å². The van der Waals surface area contributed by atoms with Gasteiger partial charge in [-0.1, -0.05) is 0 Å². The molecule has 0 atom stereocenters. The van der Waals surface area contributed by atoms with Crippen molar-refractivity contribution in [2.45, 2.75) is 12.8 Å². The SMILES string of the molecule is O=C1NCCCCN1O. The highest BCUT2D eigenvalue weighted by Gasteiger charge is 2.11. The van der Waals surface area contributed by atoms with Gasteiger partial charge in [-0.15, -0.1) is 0 Å². The Hall–Kier alpha value is -0.770. The summed E-state index contributed by atoms with van der Waals surface area (Å²) in [6.45, 7) is 1.13. The maximum atomic E-state index is 10.6. The number of carbonyl (C=O) groups excluding carboxylic acids is 1. The van der Waals surface area contributed by atoms with Gasteiger partial charge in [0.05, 0.1) is 6.54 Å². The highest BCUT2D eigenvalue weighted by atomic mass is 16.5. The number of nitrogens with zero attached hydrogens (tertiary/aromatic N) is 1. The molecule has 0 spiro atoms. The van der Waals surface area contributed by atoms with Crippen molar-refractivity contribution >= 4 is 6.03 Å². The molecular weight excluding hydrogens is 120 g/mol. The summed E-state index contributed by atoms with van der Waals surface area (Å²) in [6.07, 6.45) is 1.82. The molecule has 0 saturated carbocycles. The summed E-state index contributed by atoms with van der Waals surface area (Å²) in [5, 5.41) is 12.0. The van der Waals surface area contributed by atoms with Crippen molar-refractivity contribution < 1.29 is 10.0 Å². The highest BCUT2D eigenvalue weighted by molar-refractivity contribution is 5.72. The van der Waals surface area contributed by atoms with Gasteiger partial charge in [0.1, 0.15) is 0 Å². The zero-order valence-corrected chi connectivity index (χ0v) is 5.13. The average molecular weight is 130 g/mol. The van der Waals surface area contributed by atoms with Crippen molar-refractivity contribution in [3.05, 3.63) is 0 Å². The smallest absolute Gasteiger partial charge is 0.336 e. The molecule has 9 heavy (non-hydrogen) atoms. The Bertz CT molecular complexity index is 116. The van der Waals surface area contributed by atoms with Crippen molar-refractivity contribution in [2.75, 3.05) is 13.1 Å². The van der Waals surface area contributed by atoms with Gasteiger partial charge in [0, 0.05) is 6.54 Å². The topological polar surface area (TPSA) is 52.6 Å². The minimum absolute atomic E-state index is 0.382. The van der Waals surface area contributed by atoms with Crippen LogP contribution in [-0.4, -0.2) is 29.4 Å². The summed E-state index contributed by atoms with van der Waals surface area (Å²) in [5.74, 6) is 0. The van der Waals surface area contributed by atoms with E-state index in [0.717, 1.165) is 12.8 Å². The van der Waals surface area contributed by atoms with Crippen LogP contribution in [0.1, 0.15) is 12.8 Å². The van der Waals surface area contributed by atoms with Gasteiger partial charge in [0.2, 0.25) is 0 Å². The molecule has 1 rings (SSSR count). The molecule has 0 aromatic rings. The van der Waals surface area contributed by atoms with Crippen LogP contribution in [0.4, 0.5) is 4.79 Å². The number of amides is 2. The number of hydroxylamine groups is 2. The molecule has 0 bridgehead atoms. The van der Waals surface area contributed by atoms with Crippen molar-refractivity contribution in [1.29, 1.82) is 0 Å². The zero-order valence-electron chi connectivity index (χ0n) is 5.13. The van der Waals surface area contributed by atoms with E-state index in [1.54, 1.807) is 0 Å². The molecule has 0 aliphatic carbocycles. The molecule has 0 aromatic heterocycles. The van der Waals surface area contributed by atoms with Crippen molar-refractivity contribution in [3.63, 3.8) is 0 Å². The van der Waals surface area contributed by atoms with E-state index in [0.29, 0.717) is 18.2 Å². The number of hydrogen-bond acceptors (Lipinski definition) is 2. The second kappa shape index (κ2) is 2.68. The van der Waals surface area contributed by atoms with E-state index < -0.39 is 0 Å². The van der Waals surface area contributed by atoms with Gasteiger partial charge in [-0.25, -0.2) is 9.86 Å². The molecule has 1 saturated heterocycles. The molecular formula is C5H10N2O2. The van der Waals surface area contributed by atoms with Crippen LogP contribution < -0.4 is 5.32 Å². The molecule has 1 fully saturated rings. The minimum atomic E-state index is -0.382. The summed E-state index contributed by atoms with van der Waals surface area (Å²) in [7, 11) is 0. The maximum absolute atomic E-state index is 10.6. The lowest BCUT2D eigenvalue weighted by atomic mass is 10.3. The van der Waals surface area contributed by atoms with Crippen LogP contribution in [0.25, 0.3) is 0 Å². The van der Waals surface area contributed by atoms with Crippen LogP contribution in [-0.2, 0) is 0 Å². The molecule has 52 valence electrons. The fourth-order valence-corrected chi connectivity index (χ4v) is 0.775. The van der Waals surface area contributed by atoms with Crippen molar-refractivity contribution in [3.8, 4) is 0 Å². The summed E-state index contributed by atoms with van der Waals surface area (Å²) >= 11 is 0. The summed E-state index contributed by atoms with van der Waals surface area (Å²) < 4.78 is 0. The Labute approximate surface area is 53.4 Å². The Balaban J connectivity index is 2.41. The van der Waals surface area contributed by atoms with Crippen molar-refractivity contribution in [2.24, 2.45) is 0 Å². The van der Waals surface area contributed by atoms with Crippen LogP contribution in [0.3, 0.4) is 0 Å². The molecule has 0 aromatic carbocycles. The van der Waals surface area contributed by atoms with Crippen LogP contribution in [0.15, 0.2) is 0 Å². The monoisotopic (exact) mass is 130 g/mol. The number of urea groups is 1. The predicted molar refractivity (Wildman–Crippen MR) is 31.1 cm³/mol.